The van der Waals surface area contributed by atoms with Crippen LogP contribution in [-0.2, 0) is 0 Å². The van der Waals surface area contributed by atoms with E-state index in [1.807, 2.05) is 12.2 Å². The Labute approximate surface area is 80.3 Å². The summed E-state index contributed by atoms with van der Waals surface area (Å²) in [7, 11) is 0. The summed E-state index contributed by atoms with van der Waals surface area (Å²) < 4.78 is 35.2. The predicted octanol–water partition coefficient (Wildman–Crippen LogP) is 1.60. The van der Waals surface area contributed by atoms with Gasteiger partial charge in [-0.2, -0.15) is 13.2 Å². The minimum atomic E-state index is -4.33. The summed E-state index contributed by atoms with van der Waals surface area (Å²) in [6, 6.07) is -0.619. The van der Waals surface area contributed by atoms with Crippen molar-refractivity contribution in [2.24, 2.45) is 5.92 Å². The molecule has 0 saturated carbocycles. The monoisotopic (exact) mass is 210 g/mol. The Balaban J connectivity index is 2.29. The van der Waals surface area contributed by atoms with Crippen molar-refractivity contribution in [1.29, 1.82) is 0 Å². The number of nitrogens with zero attached hydrogens (tertiary/aromatic N) is 1. The first kappa shape index (κ1) is 11.1. The minimum absolute atomic E-state index is 0.381. The molecule has 0 aliphatic carbocycles. The number of amides is 2. The zero-order valence-corrected chi connectivity index (χ0v) is 7.90. The third-order valence-electron chi connectivity index (χ3n) is 2.15. The van der Waals surface area contributed by atoms with E-state index >= 15 is 0 Å². The lowest BCUT2D eigenvalue weighted by Gasteiger charge is -2.17. The summed E-state index contributed by atoms with van der Waals surface area (Å²) in [5.41, 5.74) is 0. The maximum absolute atomic E-state index is 11.7. The Morgan fingerprint density at radius 3 is 2.64 bits per heavy atom. The van der Waals surface area contributed by atoms with Crippen LogP contribution in [0.5, 0.6) is 0 Å². The van der Waals surface area contributed by atoms with Gasteiger partial charge in [-0.05, 0) is 12.3 Å². The molecule has 1 fully saturated rings. The van der Waals surface area contributed by atoms with E-state index in [1.165, 1.54) is 4.90 Å². The van der Waals surface area contributed by atoms with Crippen LogP contribution in [0.1, 0.15) is 13.3 Å². The van der Waals surface area contributed by atoms with Crippen LogP contribution in [0.25, 0.3) is 0 Å². The second kappa shape index (κ2) is 4.06. The standard InChI is InChI=1S/C8H13F3N2O/c1-6-2-3-13(4-6)7(14)12-5-8(9,10)11/h6H,2-5H2,1H3,(H,12,14)/t6-/m0/s1. The lowest BCUT2D eigenvalue weighted by Crippen LogP contribution is -2.42. The second-order valence-corrected chi connectivity index (χ2v) is 3.61. The quantitative estimate of drug-likeness (QED) is 0.700. The van der Waals surface area contributed by atoms with Crippen molar-refractivity contribution in [3.8, 4) is 0 Å². The lowest BCUT2D eigenvalue weighted by atomic mass is 10.2. The summed E-state index contributed by atoms with van der Waals surface area (Å²) in [4.78, 5) is 12.6. The van der Waals surface area contributed by atoms with Crippen molar-refractivity contribution in [2.75, 3.05) is 19.6 Å². The summed E-state index contributed by atoms with van der Waals surface area (Å²) in [5.74, 6) is 0.381. The molecule has 0 aromatic heterocycles. The van der Waals surface area contributed by atoms with E-state index in [1.54, 1.807) is 0 Å². The van der Waals surface area contributed by atoms with E-state index in [4.69, 9.17) is 0 Å². The second-order valence-electron chi connectivity index (χ2n) is 3.61. The molecule has 6 heteroatoms. The van der Waals surface area contributed by atoms with Gasteiger partial charge in [0.25, 0.3) is 0 Å². The number of hydrogen-bond acceptors (Lipinski definition) is 1. The van der Waals surface area contributed by atoms with Crippen molar-refractivity contribution in [2.45, 2.75) is 19.5 Å². The molecule has 1 N–H and O–H groups in total. The Hall–Kier alpha value is -0.940. The molecule has 0 aromatic rings. The van der Waals surface area contributed by atoms with E-state index < -0.39 is 18.8 Å². The number of carbonyl (C=O) groups excluding carboxylic acids is 1. The van der Waals surface area contributed by atoms with Gasteiger partial charge in [-0.15, -0.1) is 0 Å². The highest BCUT2D eigenvalue weighted by Gasteiger charge is 2.30. The summed E-state index contributed by atoms with van der Waals surface area (Å²) in [6.45, 7) is 1.81. The zero-order valence-electron chi connectivity index (χ0n) is 7.90. The van der Waals surface area contributed by atoms with Crippen molar-refractivity contribution >= 4 is 6.03 Å². The number of carbonyl (C=O) groups is 1. The van der Waals surface area contributed by atoms with Crippen LogP contribution in [0, 0.1) is 5.92 Å². The molecule has 1 heterocycles. The van der Waals surface area contributed by atoms with E-state index in [9.17, 15) is 18.0 Å². The molecule has 0 aromatic carbocycles. The number of urea groups is 1. The normalized spacial score (nSPS) is 22.6. The first-order valence-electron chi connectivity index (χ1n) is 4.48. The number of alkyl halides is 3. The minimum Gasteiger partial charge on any atom is -0.329 e. The molecule has 3 nitrogen and oxygen atoms in total. The molecule has 82 valence electrons. The van der Waals surface area contributed by atoms with Crippen molar-refractivity contribution in [3.63, 3.8) is 0 Å². The van der Waals surface area contributed by atoms with Gasteiger partial charge in [-0.25, -0.2) is 4.79 Å². The van der Waals surface area contributed by atoms with E-state index in [-0.39, 0.29) is 0 Å². The Morgan fingerprint density at radius 1 is 1.57 bits per heavy atom. The fourth-order valence-corrected chi connectivity index (χ4v) is 1.41. The molecule has 0 radical (unpaired) electrons. The summed E-state index contributed by atoms with van der Waals surface area (Å²) in [6.07, 6.45) is -3.47. The van der Waals surface area contributed by atoms with Crippen LogP contribution in [0.3, 0.4) is 0 Å². The average Bonchev–Trinajstić information content (AvgIpc) is 2.46. The topological polar surface area (TPSA) is 32.3 Å². The highest BCUT2D eigenvalue weighted by atomic mass is 19.4. The van der Waals surface area contributed by atoms with Gasteiger partial charge in [0.2, 0.25) is 0 Å². The molecule has 14 heavy (non-hydrogen) atoms. The van der Waals surface area contributed by atoms with Gasteiger partial charge in [-0.1, -0.05) is 6.92 Å². The molecule has 2 amide bonds. The molecule has 0 bridgehead atoms. The van der Waals surface area contributed by atoms with Gasteiger partial charge < -0.3 is 10.2 Å². The largest absolute Gasteiger partial charge is 0.405 e. The molecule has 0 unspecified atom stereocenters. The fourth-order valence-electron chi connectivity index (χ4n) is 1.41. The van der Waals surface area contributed by atoms with Gasteiger partial charge in [0.1, 0.15) is 6.54 Å². The predicted molar refractivity (Wildman–Crippen MR) is 44.8 cm³/mol. The van der Waals surface area contributed by atoms with Gasteiger partial charge in [0.15, 0.2) is 0 Å². The van der Waals surface area contributed by atoms with Crippen molar-refractivity contribution in [1.82, 2.24) is 10.2 Å². The van der Waals surface area contributed by atoms with Crippen LogP contribution in [0.2, 0.25) is 0 Å². The molecule has 0 spiro atoms. The van der Waals surface area contributed by atoms with Crippen LogP contribution in [0.4, 0.5) is 18.0 Å². The molecule has 1 aliphatic heterocycles. The maximum Gasteiger partial charge on any atom is 0.405 e. The van der Waals surface area contributed by atoms with Crippen molar-refractivity contribution in [3.05, 3.63) is 0 Å². The van der Waals surface area contributed by atoms with Gasteiger partial charge >= 0.3 is 12.2 Å². The number of hydrogen-bond donors (Lipinski definition) is 1. The maximum atomic E-state index is 11.7. The molecular weight excluding hydrogens is 197 g/mol. The number of likely N-dealkylation sites (tertiary alicyclic amines) is 1. The first-order chi connectivity index (χ1) is 6.38. The Morgan fingerprint density at radius 2 is 2.21 bits per heavy atom. The first-order valence-corrected chi connectivity index (χ1v) is 4.48. The van der Waals surface area contributed by atoms with Gasteiger partial charge in [0.05, 0.1) is 0 Å². The third-order valence-corrected chi connectivity index (χ3v) is 2.15. The zero-order chi connectivity index (χ0) is 10.8. The Bertz CT molecular complexity index is 217. The van der Waals surface area contributed by atoms with Crippen molar-refractivity contribution < 1.29 is 18.0 Å². The smallest absolute Gasteiger partial charge is 0.329 e. The third kappa shape index (κ3) is 3.43. The van der Waals surface area contributed by atoms with E-state index in [0.717, 1.165) is 6.42 Å². The van der Waals surface area contributed by atoms with Crippen LogP contribution in [-0.4, -0.2) is 36.7 Å². The Kier molecular flexibility index (Phi) is 3.23. The lowest BCUT2D eigenvalue weighted by molar-refractivity contribution is -0.123. The van der Waals surface area contributed by atoms with Crippen LogP contribution in [0.15, 0.2) is 0 Å². The number of rotatable bonds is 1. The SMILES string of the molecule is C[C@H]1CCN(C(=O)NCC(F)(F)F)C1. The summed E-state index contributed by atoms with van der Waals surface area (Å²) >= 11 is 0. The highest BCUT2D eigenvalue weighted by molar-refractivity contribution is 5.74. The molecule has 1 rings (SSSR count). The van der Waals surface area contributed by atoms with Crippen LogP contribution < -0.4 is 5.32 Å². The molecule has 1 saturated heterocycles. The summed E-state index contributed by atoms with van der Waals surface area (Å²) in [5, 5.41) is 1.85. The molecule has 1 aliphatic rings. The van der Waals surface area contributed by atoms with Crippen LogP contribution >= 0.6 is 0 Å². The van der Waals surface area contributed by atoms with Gasteiger partial charge in [-0.3, -0.25) is 0 Å². The average molecular weight is 210 g/mol. The fraction of sp³-hybridized carbons (Fsp3) is 0.875. The highest BCUT2D eigenvalue weighted by Crippen LogP contribution is 2.16. The molecular formula is C8H13F3N2O. The van der Waals surface area contributed by atoms with E-state index in [2.05, 4.69) is 0 Å². The number of halogens is 3. The molecule has 1 atom stereocenters. The van der Waals surface area contributed by atoms with E-state index in [0.29, 0.717) is 19.0 Å². The number of nitrogens with one attached hydrogen (secondary N) is 1. The van der Waals surface area contributed by atoms with Gasteiger partial charge in [0, 0.05) is 13.1 Å².